The summed E-state index contributed by atoms with van der Waals surface area (Å²) in [6, 6.07) is 8.03. The first kappa shape index (κ1) is 9.59. The van der Waals surface area contributed by atoms with Crippen LogP contribution >= 0.6 is 15.9 Å². The summed E-state index contributed by atoms with van der Waals surface area (Å²) in [6.45, 7) is 2.14. The van der Waals surface area contributed by atoms with Crippen LogP contribution in [0, 0.1) is 0 Å². The van der Waals surface area contributed by atoms with Gasteiger partial charge in [0.15, 0.2) is 0 Å². The second-order valence-electron chi connectivity index (χ2n) is 3.23. The van der Waals surface area contributed by atoms with Crippen LogP contribution < -0.4 is 0 Å². The minimum Gasteiger partial charge on any atom is -0.154 e. The number of aromatic nitrogens is 2. The van der Waals surface area contributed by atoms with Crippen LogP contribution in [0.5, 0.6) is 0 Å². The zero-order valence-electron chi connectivity index (χ0n) is 8.00. The van der Waals surface area contributed by atoms with Crippen LogP contribution in [0.15, 0.2) is 28.7 Å². The lowest BCUT2D eigenvalue weighted by atomic mass is 10.2. The minimum atomic E-state index is 0.944. The Morgan fingerprint density at radius 1 is 1.21 bits per heavy atom. The quantitative estimate of drug-likeness (QED) is 0.817. The van der Waals surface area contributed by atoms with Gasteiger partial charge in [-0.15, -0.1) is 0 Å². The standard InChI is InChI=1S/C11H11BrN2/c1-2-5-10-11(12)8-6-3-4-7-9(8)13-14-10/h3-4,6-7H,2,5H2,1H3. The van der Waals surface area contributed by atoms with E-state index in [2.05, 4.69) is 39.1 Å². The van der Waals surface area contributed by atoms with Crippen LogP contribution in [0.2, 0.25) is 0 Å². The Hall–Kier alpha value is -0.960. The third-order valence-corrected chi connectivity index (χ3v) is 3.04. The smallest absolute Gasteiger partial charge is 0.0941 e. The third kappa shape index (κ3) is 1.64. The van der Waals surface area contributed by atoms with Crippen LogP contribution in [0.3, 0.4) is 0 Å². The predicted molar refractivity (Wildman–Crippen MR) is 61.2 cm³/mol. The van der Waals surface area contributed by atoms with Gasteiger partial charge in [-0.3, -0.25) is 0 Å². The topological polar surface area (TPSA) is 25.8 Å². The molecule has 0 N–H and O–H groups in total. The van der Waals surface area contributed by atoms with Crippen molar-refractivity contribution < 1.29 is 0 Å². The van der Waals surface area contributed by atoms with Gasteiger partial charge >= 0.3 is 0 Å². The average molecular weight is 251 g/mol. The maximum absolute atomic E-state index is 4.20. The fraction of sp³-hybridized carbons (Fsp3) is 0.273. The second-order valence-corrected chi connectivity index (χ2v) is 4.02. The Bertz CT molecular complexity index is 454. The summed E-state index contributed by atoms with van der Waals surface area (Å²) in [5.41, 5.74) is 1.99. The van der Waals surface area contributed by atoms with Gasteiger partial charge in [0.2, 0.25) is 0 Å². The molecule has 0 saturated carbocycles. The molecular formula is C11H11BrN2. The molecule has 1 aromatic heterocycles. The zero-order chi connectivity index (χ0) is 9.97. The lowest BCUT2D eigenvalue weighted by Gasteiger charge is -2.03. The van der Waals surface area contributed by atoms with Crippen LogP contribution in [0.1, 0.15) is 19.0 Å². The van der Waals surface area contributed by atoms with Crippen molar-refractivity contribution in [2.75, 3.05) is 0 Å². The fourth-order valence-electron chi connectivity index (χ4n) is 1.46. The number of hydrogen-bond acceptors (Lipinski definition) is 2. The lowest BCUT2D eigenvalue weighted by Crippen LogP contribution is -1.95. The molecule has 0 aliphatic carbocycles. The molecule has 2 nitrogen and oxygen atoms in total. The molecule has 0 fully saturated rings. The van der Waals surface area contributed by atoms with E-state index in [-0.39, 0.29) is 0 Å². The van der Waals surface area contributed by atoms with Crippen molar-refractivity contribution in [1.82, 2.24) is 10.2 Å². The number of benzene rings is 1. The second kappa shape index (κ2) is 4.05. The Kier molecular flexibility index (Phi) is 2.77. The number of fused-ring (bicyclic) bond motifs is 1. The molecule has 1 aromatic carbocycles. The molecule has 0 atom stereocenters. The largest absolute Gasteiger partial charge is 0.154 e. The van der Waals surface area contributed by atoms with Crippen LogP contribution in [-0.4, -0.2) is 10.2 Å². The highest BCUT2D eigenvalue weighted by atomic mass is 79.9. The van der Waals surface area contributed by atoms with Gasteiger partial charge < -0.3 is 0 Å². The van der Waals surface area contributed by atoms with E-state index in [9.17, 15) is 0 Å². The van der Waals surface area contributed by atoms with Gasteiger partial charge in [-0.1, -0.05) is 31.5 Å². The SMILES string of the molecule is CCCc1nnc2ccccc2c1Br. The maximum atomic E-state index is 4.20. The summed E-state index contributed by atoms with van der Waals surface area (Å²) in [6.07, 6.45) is 2.06. The van der Waals surface area contributed by atoms with Crippen molar-refractivity contribution in [2.24, 2.45) is 0 Å². The molecule has 0 aliphatic rings. The predicted octanol–water partition coefficient (Wildman–Crippen LogP) is 3.34. The number of halogens is 1. The van der Waals surface area contributed by atoms with Crippen LogP contribution in [0.25, 0.3) is 10.9 Å². The van der Waals surface area contributed by atoms with Crippen molar-refractivity contribution >= 4 is 26.8 Å². The van der Waals surface area contributed by atoms with E-state index in [4.69, 9.17) is 0 Å². The first-order valence-electron chi connectivity index (χ1n) is 4.72. The van der Waals surface area contributed by atoms with E-state index in [1.165, 1.54) is 0 Å². The maximum Gasteiger partial charge on any atom is 0.0941 e. The van der Waals surface area contributed by atoms with Gasteiger partial charge in [-0.05, 0) is 28.4 Å². The molecule has 0 amide bonds. The van der Waals surface area contributed by atoms with Crippen molar-refractivity contribution in [2.45, 2.75) is 19.8 Å². The molecule has 3 heteroatoms. The van der Waals surface area contributed by atoms with Crippen LogP contribution in [-0.2, 0) is 6.42 Å². The van der Waals surface area contributed by atoms with Gasteiger partial charge in [-0.25, -0.2) is 0 Å². The highest BCUT2D eigenvalue weighted by molar-refractivity contribution is 9.10. The molecule has 0 radical (unpaired) electrons. The van der Waals surface area contributed by atoms with Gasteiger partial charge in [-0.2, -0.15) is 10.2 Å². The Morgan fingerprint density at radius 2 is 2.00 bits per heavy atom. The van der Waals surface area contributed by atoms with Gasteiger partial charge in [0, 0.05) is 5.39 Å². The molecule has 2 aromatic rings. The van der Waals surface area contributed by atoms with E-state index >= 15 is 0 Å². The molecule has 14 heavy (non-hydrogen) atoms. The van der Waals surface area contributed by atoms with Crippen molar-refractivity contribution in [3.8, 4) is 0 Å². The van der Waals surface area contributed by atoms with E-state index in [1.54, 1.807) is 0 Å². The molecule has 72 valence electrons. The summed E-state index contributed by atoms with van der Waals surface area (Å²) < 4.78 is 1.09. The molecule has 1 heterocycles. The zero-order valence-corrected chi connectivity index (χ0v) is 9.58. The fourth-order valence-corrected chi connectivity index (χ4v) is 2.07. The molecule has 2 rings (SSSR count). The highest BCUT2D eigenvalue weighted by Gasteiger charge is 2.05. The molecule has 0 aliphatic heterocycles. The van der Waals surface area contributed by atoms with E-state index in [0.29, 0.717) is 0 Å². The molecular weight excluding hydrogens is 240 g/mol. The summed E-state index contributed by atoms with van der Waals surface area (Å²) in [5.74, 6) is 0. The normalized spacial score (nSPS) is 10.7. The van der Waals surface area contributed by atoms with Gasteiger partial charge in [0.1, 0.15) is 0 Å². The lowest BCUT2D eigenvalue weighted by molar-refractivity contribution is 0.844. The summed E-state index contributed by atoms with van der Waals surface area (Å²) >= 11 is 3.58. The van der Waals surface area contributed by atoms with Crippen molar-refractivity contribution in [3.05, 3.63) is 34.4 Å². The Labute approximate surface area is 91.5 Å². The van der Waals surface area contributed by atoms with Crippen molar-refractivity contribution in [1.29, 1.82) is 0 Å². The van der Waals surface area contributed by atoms with Gasteiger partial charge in [0.05, 0.1) is 15.7 Å². The third-order valence-electron chi connectivity index (χ3n) is 2.16. The highest BCUT2D eigenvalue weighted by Crippen LogP contribution is 2.24. The minimum absolute atomic E-state index is 0.944. The van der Waals surface area contributed by atoms with E-state index < -0.39 is 0 Å². The summed E-state index contributed by atoms with van der Waals surface area (Å²) in [7, 11) is 0. The summed E-state index contributed by atoms with van der Waals surface area (Å²) in [5, 5.41) is 9.52. The first-order chi connectivity index (χ1) is 6.83. The number of nitrogens with zero attached hydrogens (tertiary/aromatic N) is 2. The van der Waals surface area contributed by atoms with Crippen LogP contribution in [0.4, 0.5) is 0 Å². The van der Waals surface area contributed by atoms with E-state index in [0.717, 1.165) is 33.9 Å². The molecule has 0 spiro atoms. The molecule has 0 saturated heterocycles. The molecule has 0 unspecified atom stereocenters. The number of hydrogen-bond donors (Lipinski definition) is 0. The Morgan fingerprint density at radius 3 is 2.79 bits per heavy atom. The number of aryl methyl sites for hydroxylation is 1. The monoisotopic (exact) mass is 250 g/mol. The summed E-state index contributed by atoms with van der Waals surface area (Å²) in [4.78, 5) is 0. The Balaban J connectivity index is 2.63. The van der Waals surface area contributed by atoms with Gasteiger partial charge in [0.25, 0.3) is 0 Å². The molecule has 0 bridgehead atoms. The van der Waals surface area contributed by atoms with E-state index in [1.807, 2.05) is 18.2 Å². The number of rotatable bonds is 2. The average Bonchev–Trinajstić information content (AvgIpc) is 2.23. The first-order valence-corrected chi connectivity index (χ1v) is 5.52. The van der Waals surface area contributed by atoms with Crippen molar-refractivity contribution in [3.63, 3.8) is 0 Å².